The number of pyridine rings is 1. The normalized spacial score (nSPS) is 21.6. The van der Waals surface area contributed by atoms with Crippen molar-refractivity contribution in [3.05, 3.63) is 27.8 Å². The van der Waals surface area contributed by atoms with Gasteiger partial charge in [0.15, 0.2) is 11.6 Å². The molecule has 11 nitrogen and oxygen atoms in total. The molecular weight excluding hydrogens is 513 g/mol. The van der Waals surface area contributed by atoms with E-state index in [-0.39, 0.29) is 29.2 Å². The van der Waals surface area contributed by atoms with Gasteiger partial charge in [0.1, 0.15) is 17.4 Å². The zero-order valence-corrected chi connectivity index (χ0v) is 20.5. The molecule has 1 aromatic carbocycles. The van der Waals surface area contributed by atoms with E-state index >= 15 is 4.39 Å². The number of alkyl halides is 2. The van der Waals surface area contributed by atoms with Crippen molar-refractivity contribution in [2.45, 2.75) is 57.4 Å². The zero-order chi connectivity index (χ0) is 27.9. The van der Waals surface area contributed by atoms with Crippen LogP contribution in [0, 0.1) is 11.7 Å². The highest BCUT2D eigenvalue weighted by Crippen LogP contribution is 2.47. The van der Waals surface area contributed by atoms with Gasteiger partial charge in [-0.2, -0.15) is 8.78 Å². The van der Waals surface area contributed by atoms with Crippen molar-refractivity contribution in [1.29, 1.82) is 0 Å². The number of aromatic nitrogens is 1. The number of hydrogen-bond donors (Lipinski definition) is 5. The van der Waals surface area contributed by atoms with E-state index < -0.39 is 58.3 Å². The quantitative estimate of drug-likeness (QED) is 0.341. The molecule has 38 heavy (non-hydrogen) atoms. The average molecular weight is 543 g/mol. The molecule has 3 atom stereocenters. The maximum absolute atomic E-state index is 15.6. The largest absolute Gasteiger partial charge is 0.479 e. The number of aromatic carboxylic acids is 1. The lowest BCUT2D eigenvalue weighted by Gasteiger charge is -2.26. The molecule has 1 aromatic heterocycles. The summed E-state index contributed by atoms with van der Waals surface area (Å²) >= 11 is 0. The van der Waals surface area contributed by atoms with Crippen molar-refractivity contribution in [3.63, 3.8) is 0 Å². The number of carboxylic acids is 2. The number of nitrogens with two attached hydrogens (primary N) is 1. The summed E-state index contributed by atoms with van der Waals surface area (Å²) in [6.45, 7) is -0.434. The monoisotopic (exact) mass is 542 g/mol. The molecule has 0 spiro atoms. The van der Waals surface area contributed by atoms with Crippen LogP contribution in [0.3, 0.4) is 0 Å². The fourth-order valence-electron chi connectivity index (χ4n) is 5.07. The Labute approximate surface area is 214 Å². The number of nitrogens with zero attached hydrogens (tertiary/aromatic N) is 2. The van der Waals surface area contributed by atoms with E-state index in [9.17, 15) is 28.3 Å². The van der Waals surface area contributed by atoms with Gasteiger partial charge in [0.05, 0.1) is 16.6 Å². The molecule has 3 fully saturated rings. The number of carboxylic acid groups (broad SMARTS) is 2. The summed E-state index contributed by atoms with van der Waals surface area (Å²) in [4.78, 5) is 35.6. The lowest BCUT2D eigenvalue weighted by atomic mass is 9.94. The van der Waals surface area contributed by atoms with Gasteiger partial charge in [-0.1, -0.05) is 0 Å². The molecule has 5 rings (SSSR count). The molecule has 0 amide bonds. The number of carbonyl (C=O) groups is 2. The van der Waals surface area contributed by atoms with Crippen molar-refractivity contribution >= 4 is 34.2 Å². The Morgan fingerprint density at radius 1 is 1.21 bits per heavy atom. The van der Waals surface area contributed by atoms with Crippen molar-refractivity contribution in [3.8, 4) is 5.75 Å². The first kappa shape index (κ1) is 27.5. The van der Waals surface area contributed by atoms with E-state index in [2.05, 4.69) is 5.32 Å². The van der Waals surface area contributed by atoms with Crippen molar-refractivity contribution in [2.75, 3.05) is 30.3 Å². The Morgan fingerprint density at radius 3 is 2.39 bits per heavy atom. The summed E-state index contributed by atoms with van der Waals surface area (Å²) < 4.78 is 48.9. The molecule has 6 N–H and O–H groups in total. The molecule has 208 valence electrons. The van der Waals surface area contributed by atoms with E-state index in [1.54, 1.807) is 4.90 Å². The number of aliphatic hydroxyl groups excluding tert-OH is 1. The first-order valence-electron chi connectivity index (χ1n) is 12.2. The van der Waals surface area contributed by atoms with Crippen molar-refractivity contribution < 1.29 is 42.8 Å². The van der Waals surface area contributed by atoms with Gasteiger partial charge < -0.3 is 40.6 Å². The summed E-state index contributed by atoms with van der Waals surface area (Å²) in [6, 6.07) is -0.128. The van der Waals surface area contributed by atoms with Crippen LogP contribution in [0.5, 0.6) is 5.75 Å². The third-order valence-corrected chi connectivity index (χ3v) is 7.03. The number of hydrogen-bond acceptors (Lipinski definition) is 8. The van der Waals surface area contributed by atoms with E-state index in [1.165, 1.54) is 11.5 Å². The van der Waals surface area contributed by atoms with E-state index in [0.29, 0.717) is 25.9 Å². The van der Waals surface area contributed by atoms with Crippen molar-refractivity contribution in [2.24, 2.45) is 5.92 Å². The van der Waals surface area contributed by atoms with Crippen LogP contribution in [-0.4, -0.2) is 70.2 Å². The minimum atomic E-state index is -3.27. The first-order valence-corrected chi connectivity index (χ1v) is 12.2. The summed E-state index contributed by atoms with van der Waals surface area (Å²) in [5, 5.41) is 28.2. The van der Waals surface area contributed by atoms with Crippen LogP contribution in [0.4, 0.5) is 24.5 Å². The minimum absolute atomic E-state index is 0.0829. The SMILES string of the molecule is CC(O)C(=O)O.Nc1c(F)c(N2C[C@H]3CCCN[C@H]3C2)c(OC(F)F)c2c1c(=O)c(C(=O)O)cn2C1CC1. The number of rotatable bonds is 6. The van der Waals surface area contributed by atoms with Crippen molar-refractivity contribution in [1.82, 2.24) is 9.88 Å². The number of fused-ring (bicyclic) bond motifs is 2. The van der Waals surface area contributed by atoms with Gasteiger partial charge in [0.25, 0.3) is 0 Å². The second kappa shape index (κ2) is 10.7. The van der Waals surface area contributed by atoms with Gasteiger partial charge in [-0.05, 0) is 45.1 Å². The molecule has 2 saturated heterocycles. The molecule has 1 saturated carbocycles. The highest BCUT2D eigenvalue weighted by Gasteiger charge is 2.39. The fourth-order valence-corrected chi connectivity index (χ4v) is 5.07. The fraction of sp³-hybridized carbons (Fsp3) is 0.542. The lowest BCUT2D eigenvalue weighted by Crippen LogP contribution is -2.40. The summed E-state index contributed by atoms with van der Waals surface area (Å²) in [5.74, 6) is -3.98. The molecular formula is C24H29F3N4O7. The number of nitrogens with one attached hydrogen (secondary N) is 1. The van der Waals surface area contributed by atoms with Crippen LogP contribution in [0.2, 0.25) is 0 Å². The molecule has 2 aliphatic heterocycles. The topological polar surface area (TPSA) is 167 Å². The predicted octanol–water partition coefficient (Wildman–Crippen LogP) is 2.00. The minimum Gasteiger partial charge on any atom is -0.479 e. The smallest absolute Gasteiger partial charge is 0.387 e. The van der Waals surface area contributed by atoms with Gasteiger partial charge in [-0.3, -0.25) is 4.79 Å². The summed E-state index contributed by atoms with van der Waals surface area (Å²) in [5.41, 5.74) is 3.56. The molecule has 0 radical (unpaired) electrons. The van der Waals surface area contributed by atoms with E-state index in [4.69, 9.17) is 20.7 Å². The highest BCUT2D eigenvalue weighted by molar-refractivity contribution is 6.03. The second-order valence-electron chi connectivity index (χ2n) is 9.71. The molecule has 14 heteroatoms. The molecule has 3 heterocycles. The maximum atomic E-state index is 15.6. The number of aliphatic hydroxyl groups is 1. The second-order valence-corrected chi connectivity index (χ2v) is 9.71. The third kappa shape index (κ3) is 5.23. The van der Waals surface area contributed by atoms with Crippen LogP contribution < -0.4 is 26.1 Å². The Kier molecular flexibility index (Phi) is 7.74. The highest BCUT2D eigenvalue weighted by atomic mass is 19.3. The number of anilines is 2. The lowest BCUT2D eigenvalue weighted by molar-refractivity contribution is -0.145. The summed E-state index contributed by atoms with van der Waals surface area (Å²) in [7, 11) is 0. The van der Waals surface area contributed by atoms with Gasteiger partial charge in [0, 0.05) is 31.4 Å². The molecule has 0 bridgehead atoms. The van der Waals surface area contributed by atoms with Gasteiger partial charge in [-0.25, -0.2) is 14.0 Å². The Bertz CT molecular complexity index is 1300. The Hall–Kier alpha value is -3.52. The van der Waals surface area contributed by atoms with Crippen LogP contribution >= 0.6 is 0 Å². The van der Waals surface area contributed by atoms with E-state index in [0.717, 1.165) is 25.6 Å². The molecule has 3 aliphatic rings. The average Bonchev–Trinajstić information content (AvgIpc) is 3.60. The number of ether oxygens (including phenoxy) is 1. The maximum Gasteiger partial charge on any atom is 0.387 e. The molecule has 1 aliphatic carbocycles. The number of aliphatic carboxylic acids is 1. The van der Waals surface area contributed by atoms with Crippen LogP contribution in [-0.2, 0) is 4.79 Å². The Morgan fingerprint density at radius 2 is 1.87 bits per heavy atom. The number of benzene rings is 1. The van der Waals surface area contributed by atoms with Gasteiger partial charge >= 0.3 is 18.6 Å². The van der Waals surface area contributed by atoms with Gasteiger partial charge in [0.2, 0.25) is 5.43 Å². The Balaban J connectivity index is 0.000000505. The predicted molar refractivity (Wildman–Crippen MR) is 130 cm³/mol. The number of halogens is 3. The number of nitrogen functional groups attached to an aromatic ring is 1. The molecule has 2 aromatic rings. The van der Waals surface area contributed by atoms with Crippen LogP contribution in [0.25, 0.3) is 10.9 Å². The van der Waals surface area contributed by atoms with Crippen LogP contribution in [0.1, 0.15) is 49.0 Å². The number of piperidine rings is 1. The van der Waals surface area contributed by atoms with Gasteiger partial charge in [-0.15, -0.1) is 0 Å². The van der Waals surface area contributed by atoms with E-state index in [1.807, 2.05) is 0 Å². The standard InChI is InChI=1S/C21H23F3N4O4.C3H6O3/c22-14-15(25)13-16(28(10-3-4-10)7-11(18(13)29)20(30)31)19(32-21(23)24)17(14)27-6-9-2-1-5-26-12(9)8-27;1-2(4)3(5)6/h7,9-10,12,21,26H,1-6,8,25H2,(H,30,31);2,4H,1H3,(H,5,6)/t9-,12+;/m1./s1. The first-order chi connectivity index (χ1) is 17.9. The summed E-state index contributed by atoms with van der Waals surface area (Å²) in [6.07, 6.45) is 3.11. The third-order valence-electron chi connectivity index (χ3n) is 7.03. The zero-order valence-electron chi connectivity index (χ0n) is 20.5. The molecule has 1 unspecified atom stereocenters. The van der Waals surface area contributed by atoms with Crippen LogP contribution in [0.15, 0.2) is 11.0 Å².